The predicted octanol–water partition coefficient (Wildman–Crippen LogP) is 6.94. The van der Waals surface area contributed by atoms with Crippen LogP contribution in [0.25, 0.3) is 0 Å². The summed E-state index contributed by atoms with van der Waals surface area (Å²) in [7, 11) is 0. The summed E-state index contributed by atoms with van der Waals surface area (Å²) in [5.74, 6) is 3.53. The SMILES string of the molecule is CCC1CCC(CC)C(CC)C(C)(C(C)C)C(C)(C)C1. The van der Waals surface area contributed by atoms with Crippen molar-refractivity contribution in [1.82, 2.24) is 0 Å². The normalized spacial score (nSPS) is 38.5. The molecule has 0 aromatic heterocycles. The van der Waals surface area contributed by atoms with Crippen LogP contribution in [-0.4, -0.2) is 0 Å². The molecule has 0 heteroatoms. The molecule has 4 atom stereocenters. The fraction of sp³-hybridized carbons (Fsp3) is 1.00. The Morgan fingerprint density at radius 2 is 1.50 bits per heavy atom. The Bertz CT molecular complexity index is 288. The number of hydrogen-bond acceptors (Lipinski definition) is 0. The molecule has 4 unspecified atom stereocenters. The zero-order valence-corrected chi connectivity index (χ0v) is 15.6. The topological polar surface area (TPSA) is 0 Å². The van der Waals surface area contributed by atoms with Crippen LogP contribution in [-0.2, 0) is 0 Å². The summed E-state index contributed by atoms with van der Waals surface area (Å²) in [6.07, 6.45) is 8.44. The Hall–Kier alpha value is 0. The molecule has 0 bridgehead atoms. The van der Waals surface area contributed by atoms with Crippen LogP contribution < -0.4 is 0 Å². The molecule has 0 radical (unpaired) electrons. The van der Waals surface area contributed by atoms with Gasteiger partial charge in [-0.25, -0.2) is 0 Å². The van der Waals surface area contributed by atoms with Crippen molar-refractivity contribution < 1.29 is 0 Å². The van der Waals surface area contributed by atoms with Gasteiger partial charge in [-0.15, -0.1) is 0 Å². The van der Waals surface area contributed by atoms with Gasteiger partial charge in [0.05, 0.1) is 0 Å². The lowest BCUT2D eigenvalue weighted by molar-refractivity contribution is -0.0808. The average molecular weight is 281 g/mol. The van der Waals surface area contributed by atoms with E-state index in [1.807, 2.05) is 0 Å². The average Bonchev–Trinajstić information content (AvgIpc) is 2.39. The minimum absolute atomic E-state index is 0.455. The van der Waals surface area contributed by atoms with Gasteiger partial charge in [-0.1, -0.05) is 81.1 Å². The number of rotatable bonds is 4. The molecule has 1 fully saturated rings. The Labute approximate surface area is 129 Å². The van der Waals surface area contributed by atoms with Gasteiger partial charge >= 0.3 is 0 Å². The van der Waals surface area contributed by atoms with E-state index < -0.39 is 0 Å². The highest BCUT2D eigenvalue weighted by Crippen LogP contribution is 2.59. The van der Waals surface area contributed by atoms with Crippen LogP contribution in [0.3, 0.4) is 0 Å². The maximum absolute atomic E-state index is 2.62. The molecule has 0 heterocycles. The summed E-state index contributed by atoms with van der Waals surface area (Å²) in [5.41, 5.74) is 0.923. The lowest BCUT2D eigenvalue weighted by atomic mass is 9.48. The monoisotopic (exact) mass is 280 g/mol. The third-order valence-electron chi connectivity index (χ3n) is 7.28. The summed E-state index contributed by atoms with van der Waals surface area (Å²) in [6.45, 7) is 19.9. The second-order valence-electron chi connectivity index (χ2n) is 8.56. The Kier molecular flexibility index (Phi) is 6.17. The van der Waals surface area contributed by atoms with Gasteiger partial charge < -0.3 is 0 Å². The van der Waals surface area contributed by atoms with Gasteiger partial charge in [0.15, 0.2) is 0 Å². The molecule has 120 valence electrons. The van der Waals surface area contributed by atoms with Crippen molar-refractivity contribution in [1.29, 1.82) is 0 Å². The Balaban J connectivity index is 3.26. The van der Waals surface area contributed by atoms with E-state index in [1.54, 1.807) is 0 Å². The van der Waals surface area contributed by atoms with Gasteiger partial charge in [-0.2, -0.15) is 0 Å². The Morgan fingerprint density at radius 1 is 0.900 bits per heavy atom. The lowest BCUT2D eigenvalue weighted by Crippen LogP contribution is -2.50. The maximum Gasteiger partial charge on any atom is -0.0221 e. The van der Waals surface area contributed by atoms with Crippen LogP contribution in [0.1, 0.15) is 93.9 Å². The van der Waals surface area contributed by atoms with E-state index in [1.165, 1.54) is 38.5 Å². The van der Waals surface area contributed by atoms with Gasteiger partial charge in [0, 0.05) is 0 Å². The summed E-state index contributed by atoms with van der Waals surface area (Å²) in [6, 6.07) is 0. The molecular formula is C20H40. The van der Waals surface area contributed by atoms with E-state index >= 15 is 0 Å². The molecule has 0 aromatic carbocycles. The first-order valence-electron chi connectivity index (χ1n) is 9.24. The molecule has 20 heavy (non-hydrogen) atoms. The molecule has 0 nitrogen and oxygen atoms in total. The first kappa shape index (κ1) is 18.1. The zero-order valence-electron chi connectivity index (χ0n) is 15.6. The molecule has 0 aromatic rings. The highest BCUT2D eigenvalue weighted by atomic mass is 14.6. The molecule has 1 aliphatic rings. The summed E-state index contributed by atoms with van der Waals surface area (Å²) in [4.78, 5) is 0. The molecule has 0 amide bonds. The van der Waals surface area contributed by atoms with E-state index in [4.69, 9.17) is 0 Å². The number of hydrogen-bond donors (Lipinski definition) is 0. The largest absolute Gasteiger partial charge is 0.0651 e. The first-order chi connectivity index (χ1) is 9.24. The van der Waals surface area contributed by atoms with Gasteiger partial charge in [0.1, 0.15) is 0 Å². The highest BCUT2D eigenvalue weighted by molar-refractivity contribution is 5.00. The van der Waals surface area contributed by atoms with Gasteiger partial charge in [-0.05, 0) is 47.3 Å². The van der Waals surface area contributed by atoms with Crippen molar-refractivity contribution >= 4 is 0 Å². The van der Waals surface area contributed by atoms with Crippen LogP contribution in [0.4, 0.5) is 0 Å². The standard InChI is InChI=1S/C20H40/c1-9-16-12-13-17(10-2)18(11-3)20(8,15(4)5)19(6,7)14-16/h15-18H,9-14H2,1-8H3. The van der Waals surface area contributed by atoms with Crippen molar-refractivity contribution in [3.63, 3.8) is 0 Å². The minimum Gasteiger partial charge on any atom is -0.0651 e. The predicted molar refractivity (Wildman–Crippen MR) is 91.9 cm³/mol. The molecular weight excluding hydrogens is 240 g/mol. The summed E-state index contributed by atoms with van der Waals surface area (Å²) < 4.78 is 0. The van der Waals surface area contributed by atoms with Crippen LogP contribution in [0.2, 0.25) is 0 Å². The third kappa shape index (κ3) is 3.09. The minimum atomic E-state index is 0.455. The highest BCUT2D eigenvalue weighted by Gasteiger charge is 2.51. The second kappa shape index (κ2) is 6.84. The lowest BCUT2D eigenvalue weighted by Gasteiger charge is -2.57. The molecule has 0 aliphatic heterocycles. The van der Waals surface area contributed by atoms with Gasteiger partial charge in [-0.3, -0.25) is 0 Å². The van der Waals surface area contributed by atoms with E-state index in [-0.39, 0.29) is 0 Å². The Morgan fingerprint density at radius 3 is 1.90 bits per heavy atom. The van der Waals surface area contributed by atoms with E-state index in [2.05, 4.69) is 55.4 Å². The van der Waals surface area contributed by atoms with Gasteiger partial charge in [0.2, 0.25) is 0 Å². The summed E-state index contributed by atoms with van der Waals surface area (Å²) in [5, 5.41) is 0. The van der Waals surface area contributed by atoms with Gasteiger partial charge in [0.25, 0.3) is 0 Å². The van der Waals surface area contributed by atoms with E-state index in [0.29, 0.717) is 10.8 Å². The molecule has 1 aliphatic carbocycles. The quantitative estimate of drug-likeness (QED) is 0.523. The van der Waals surface area contributed by atoms with E-state index in [9.17, 15) is 0 Å². The third-order valence-corrected chi connectivity index (χ3v) is 7.28. The first-order valence-corrected chi connectivity index (χ1v) is 9.24. The van der Waals surface area contributed by atoms with Crippen LogP contribution in [0, 0.1) is 34.5 Å². The van der Waals surface area contributed by atoms with Crippen LogP contribution in [0.15, 0.2) is 0 Å². The van der Waals surface area contributed by atoms with Crippen molar-refractivity contribution in [3.8, 4) is 0 Å². The summed E-state index contributed by atoms with van der Waals surface area (Å²) >= 11 is 0. The zero-order chi connectivity index (χ0) is 15.6. The maximum atomic E-state index is 2.62. The molecule has 0 spiro atoms. The van der Waals surface area contributed by atoms with Crippen molar-refractivity contribution in [2.75, 3.05) is 0 Å². The van der Waals surface area contributed by atoms with Crippen molar-refractivity contribution in [2.24, 2.45) is 34.5 Å². The fourth-order valence-electron chi connectivity index (χ4n) is 5.49. The van der Waals surface area contributed by atoms with Crippen molar-refractivity contribution in [3.05, 3.63) is 0 Å². The molecule has 1 rings (SSSR count). The second-order valence-corrected chi connectivity index (χ2v) is 8.56. The van der Waals surface area contributed by atoms with E-state index in [0.717, 1.165) is 23.7 Å². The smallest absolute Gasteiger partial charge is 0.0221 e. The fourth-order valence-corrected chi connectivity index (χ4v) is 5.49. The van der Waals surface area contributed by atoms with Crippen LogP contribution in [0.5, 0.6) is 0 Å². The van der Waals surface area contributed by atoms with Crippen molar-refractivity contribution in [2.45, 2.75) is 93.9 Å². The molecule has 0 N–H and O–H groups in total. The van der Waals surface area contributed by atoms with Crippen LogP contribution >= 0.6 is 0 Å². The molecule has 0 saturated heterocycles. The molecule has 1 saturated carbocycles.